The highest BCUT2D eigenvalue weighted by Gasteiger charge is 2.74. The van der Waals surface area contributed by atoms with Crippen molar-refractivity contribution in [1.29, 1.82) is 5.26 Å². The highest BCUT2D eigenvalue weighted by atomic mass is 32.2. The third-order valence-corrected chi connectivity index (χ3v) is 8.37. The van der Waals surface area contributed by atoms with Gasteiger partial charge in [-0.15, -0.1) is 0 Å². The number of nitriles is 1. The molecule has 2 aliphatic carbocycles. The van der Waals surface area contributed by atoms with Crippen LogP contribution >= 0.6 is 11.8 Å². The molecule has 2 fully saturated rings. The van der Waals surface area contributed by atoms with Crippen molar-refractivity contribution in [3.63, 3.8) is 0 Å². The summed E-state index contributed by atoms with van der Waals surface area (Å²) in [5.74, 6) is -0.158. The maximum Gasteiger partial charge on any atom is 0.239 e. The number of aliphatic imine (C=N–C) groups is 1. The Labute approximate surface area is 189 Å². The summed E-state index contributed by atoms with van der Waals surface area (Å²) < 4.78 is 14.3. The molecule has 1 spiro atoms. The summed E-state index contributed by atoms with van der Waals surface area (Å²) in [6.45, 7) is 1.65. The molecule has 0 unspecified atom stereocenters. The average molecular weight is 446 g/mol. The Hall–Kier alpha value is -3.18. The third kappa shape index (κ3) is 2.67. The number of carbonyl (C=O) groups is 1. The quantitative estimate of drug-likeness (QED) is 0.783. The van der Waals surface area contributed by atoms with Gasteiger partial charge in [-0.25, -0.2) is 4.39 Å². The van der Waals surface area contributed by atoms with Crippen molar-refractivity contribution in [2.45, 2.75) is 29.5 Å². The van der Waals surface area contributed by atoms with Gasteiger partial charge in [-0.05, 0) is 53.8 Å². The molecule has 3 heterocycles. The highest BCUT2D eigenvalue weighted by molar-refractivity contribution is 8.15. The summed E-state index contributed by atoms with van der Waals surface area (Å²) in [5, 5.41) is 9.35. The molecular weight excluding hydrogens is 425 g/mol. The van der Waals surface area contributed by atoms with Crippen LogP contribution in [0, 0.1) is 17.2 Å². The second kappa shape index (κ2) is 6.66. The molecule has 1 amide bonds. The van der Waals surface area contributed by atoms with E-state index in [9.17, 15) is 9.18 Å². The number of pyridine rings is 1. The fourth-order valence-electron chi connectivity index (χ4n) is 5.21. The fourth-order valence-corrected chi connectivity index (χ4v) is 6.60. The number of nitrogens with zero attached hydrogens (tertiary/aromatic N) is 4. The summed E-state index contributed by atoms with van der Waals surface area (Å²) in [6.07, 6.45) is 5.39. The number of fused-ring (bicyclic) bond motifs is 4. The number of amides is 1. The molecule has 6 nitrogen and oxygen atoms in total. The van der Waals surface area contributed by atoms with Crippen molar-refractivity contribution in [2.24, 2.45) is 16.6 Å². The monoisotopic (exact) mass is 445 g/mol. The first-order valence-electron chi connectivity index (χ1n) is 10.7. The Morgan fingerprint density at radius 3 is 2.88 bits per heavy atom. The summed E-state index contributed by atoms with van der Waals surface area (Å²) in [4.78, 5) is 23.9. The molecule has 4 aliphatic rings. The van der Waals surface area contributed by atoms with Crippen LogP contribution in [-0.2, 0) is 16.8 Å². The van der Waals surface area contributed by atoms with Crippen LogP contribution < -0.4 is 5.73 Å². The second-order valence-electron chi connectivity index (χ2n) is 8.90. The minimum absolute atomic E-state index is 0.122. The number of amidine groups is 1. The van der Waals surface area contributed by atoms with Gasteiger partial charge in [-0.2, -0.15) is 5.26 Å². The van der Waals surface area contributed by atoms with E-state index in [1.165, 1.54) is 35.7 Å². The number of carbonyl (C=O) groups excluding carboxylic acids is 1. The van der Waals surface area contributed by atoms with E-state index < -0.39 is 16.1 Å². The zero-order valence-corrected chi connectivity index (χ0v) is 18.0. The summed E-state index contributed by atoms with van der Waals surface area (Å²) in [5.41, 5.74) is 9.22. The molecule has 2 N–H and O–H groups in total. The molecule has 1 aromatic heterocycles. The molecule has 0 bridgehead atoms. The topological polar surface area (TPSA) is 95.4 Å². The standard InChI is InChI=1S/C24H20FN5OS/c25-18(19-5-3-15(12-26)13-28-19)9-14-2-4-16-10-23(17(16)8-14)20-11-24(20,32-22(27)29-23)21(31)30-6-1-7-30/h2-5,8-9,13,20H,1,6-7,10-11H2,(H2,27,29)/b18-9-/t20-,23+,24-/m0/s1. The molecule has 2 aromatic rings. The molecule has 1 saturated heterocycles. The zero-order chi connectivity index (χ0) is 22.1. The number of thioether (sulfide) groups is 1. The van der Waals surface area contributed by atoms with Crippen molar-refractivity contribution in [3.8, 4) is 6.07 Å². The van der Waals surface area contributed by atoms with E-state index in [2.05, 4.69) is 4.98 Å². The van der Waals surface area contributed by atoms with E-state index >= 15 is 0 Å². The predicted octanol–water partition coefficient (Wildman–Crippen LogP) is 3.22. The van der Waals surface area contributed by atoms with E-state index in [0.717, 1.165) is 37.9 Å². The summed E-state index contributed by atoms with van der Waals surface area (Å²) >= 11 is 1.42. The molecule has 6 rings (SSSR count). The van der Waals surface area contributed by atoms with E-state index in [-0.39, 0.29) is 17.5 Å². The Morgan fingerprint density at radius 2 is 2.19 bits per heavy atom. The number of halogens is 1. The summed E-state index contributed by atoms with van der Waals surface area (Å²) in [6, 6.07) is 10.9. The van der Waals surface area contributed by atoms with E-state index in [1.807, 2.05) is 29.2 Å². The number of hydrogen-bond donors (Lipinski definition) is 1. The van der Waals surface area contributed by atoms with Crippen LogP contribution in [0.1, 0.15) is 40.8 Å². The average Bonchev–Trinajstić information content (AvgIpc) is 3.49. The first-order chi connectivity index (χ1) is 15.4. The molecule has 1 aromatic carbocycles. The molecule has 3 atom stereocenters. The van der Waals surface area contributed by atoms with Crippen molar-refractivity contribution < 1.29 is 9.18 Å². The Balaban J connectivity index is 1.32. The van der Waals surface area contributed by atoms with Crippen LogP contribution in [0.4, 0.5) is 4.39 Å². The van der Waals surface area contributed by atoms with Gasteiger partial charge < -0.3 is 10.6 Å². The van der Waals surface area contributed by atoms with Gasteiger partial charge in [0.05, 0.1) is 16.8 Å². The van der Waals surface area contributed by atoms with Gasteiger partial charge in [-0.3, -0.25) is 14.8 Å². The fraction of sp³-hybridized carbons (Fsp3) is 0.333. The predicted molar refractivity (Wildman–Crippen MR) is 121 cm³/mol. The first-order valence-corrected chi connectivity index (χ1v) is 11.5. The van der Waals surface area contributed by atoms with E-state index in [4.69, 9.17) is 16.0 Å². The third-order valence-electron chi connectivity index (χ3n) is 7.08. The summed E-state index contributed by atoms with van der Waals surface area (Å²) in [7, 11) is 0. The number of aromatic nitrogens is 1. The minimum atomic E-state index is -0.493. The van der Waals surface area contributed by atoms with Crippen LogP contribution in [0.5, 0.6) is 0 Å². The van der Waals surface area contributed by atoms with E-state index in [0.29, 0.717) is 16.3 Å². The highest BCUT2D eigenvalue weighted by Crippen LogP contribution is 2.70. The molecule has 160 valence electrons. The largest absolute Gasteiger partial charge is 0.378 e. The van der Waals surface area contributed by atoms with Gasteiger partial charge >= 0.3 is 0 Å². The SMILES string of the molecule is N#Cc1ccc(/C(F)=C/c2ccc3c(c2)[C@@]2(C3)N=C(N)S[C@@]3(C(=O)N4CCC4)C[C@H]32)nc1. The Morgan fingerprint density at radius 1 is 1.34 bits per heavy atom. The molecule has 1 saturated carbocycles. The lowest BCUT2D eigenvalue weighted by Crippen LogP contribution is -2.53. The van der Waals surface area contributed by atoms with Gasteiger partial charge in [-0.1, -0.05) is 23.9 Å². The van der Waals surface area contributed by atoms with Crippen molar-refractivity contribution in [1.82, 2.24) is 9.88 Å². The van der Waals surface area contributed by atoms with Crippen molar-refractivity contribution >= 4 is 34.7 Å². The Bertz CT molecular complexity index is 1260. The minimum Gasteiger partial charge on any atom is -0.378 e. The van der Waals surface area contributed by atoms with Crippen LogP contribution in [0.2, 0.25) is 0 Å². The lowest BCUT2D eigenvalue weighted by molar-refractivity contribution is -0.135. The van der Waals surface area contributed by atoms with Crippen molar-refractivity contribution in [3.05, 3.63) is 64.5 Å². The lowest BCUT2D eigenvalue weighted by Gasteiger charge is -2.46. The van der Waals surface area contributed by atoms with Crippen LogP contribution in [0.3, 0.4) is 0 Å². The van der Waals surface area contributed by atoms with Crippen molar-refractivity contribution in [2.75, 3.05) is 13.1 Å². The first kappa shape index (κ1) is 19.5. The van der Waals surface area contributed by atoms with Gasteiger partial charge in [0.15, 0.2) is 5.17 Å². The number of hydrogen-bond acceptors (Lipinski definition) is 6. The maximum atomic E-state index is 14.8. The molecule has 2 aliphatic heterocycles. The molecule has 0 radical (unpaired) electrons. The Kier molecular flexibility index (Phi) is 4.06. The van der Waals surface area contributed by atoms with Gasteiger partial charge in [0.25, 0.3) is 0 Å². The number of rotatable bonds is 3. The maximum absolute atomic E-state index is 14.8. The molecular formula is C24H20FN5OS. The van der Waals surface area contributed by atoms with Gasteiger partial charge in [0, 0.05) is 31.6 Å². The van der Waals surface area contributed by atoms with Gasteiger partial charge in [0.1, 0.15) is 16.6 Å². The second-order valence-corrected chi connectivity index (χ2v) is 10.2. The molecule has 32 heavy (non-hydrogen) atoms. The number of likely N-dealkylation sites (tertiary alicyclic amines) is 1. The zero-order valence-electron chi connectivity index (χ0n) is 17.2. The smallest absolute Gasteiger partial charge is 0.239 e. The lowest BCUT2D eigenvalue weighted by atomic mass is 9.66. The van der Waals surface area contributed by atoms with Crippen LogP contribution in [0.25, 0.3) is 11.9 Å². The van der Waals surface area contributed by atoms with Crippen LogP contribution in [-0.4, -0.2) is 38.8 Å². The van der Waals surface area contributed by atoms with Crippen LogP contribution in [0.15, 0.2) is 41.5 Å². The normalized spacial score (nSPS) is 29.8. The number of nitrogens with two attached hydrogens (primary N) is 1. The van der Waals surface area contributed by atoms with Gasteiger partial charge in [0.2, 0.25) is 5.91 Å². The molecule has 8 heteroatoms. The van der Waals surface area contributed by atoms with E-state index in [1.54, 1.807) is 6.07 Å². The number of benzene rings is 1.